The number of aliphatic hydroxyl groups is 2. The van der Waals surface area contributed by atoms with Crippen molar-refractivity contribution in [3.8, 4) is 0 Å². The van der Waals surface area contributed by atoms with Crippen molar-refractivity contribution in [2.24, 2.45) is 0 Å². The van der Waals surface area contributed by atoms with Gasteiger partial charge in [-0.3, -0.25) is 0 Å². The fraction of sp³-hybridized carbons (Fsp3) is 0.500. The van der Waals surface area contributed by atoms with Crippen LogP contribution >= 0.6 is 0 Å². The van der Waals surface area contributed by atoms with Crippen LogP contribution in [0, 0.1) is 4.19 Å². The van der Waals surface area contributed by atoms with Gasteiger partial charge in [-0.1, -0.05) is 0 Å². The SMILES string of the molecule is Nc1nc2c(ncn2[C@H]2C[C@H](O)[C@@H](CO)O2)c(=[Se])[nH]1. The normalized spacial score (nSPS) is 27.2. The molecule has 0 aliphatic carbocycles. The molecule has 0 bridgehead atoms. The van der Waals surface area contributed by atoms with Crippen LogP contribution in [0.5, 0.6) is 0 Å². The number of hydrogen-bond donors (Lipinski definition) is 4. The van der Waals surface area contributed by atoms with E-state index in [2.05, 4.69) is 30.5 Å². The Balaban J connectivity index is 2.05. The number of nitrogen functional groups attached to an aromatic ring is 1. The Morgan fingerprint density at radius 3 is 3.11 bits per heavy atom. The van der Waals surface area contributed by atoms with Crippen LogP contribution in [-0.4, -0.2) is 64.1 Å². The zero-order valence-corrected chi connectivity index (χ0v) is 11.6. The summed E-state index contributed by atoms with van der Waals surface area (Å²) in [5.74, 6) is 0.264. The van der Waals surface area contributed by atoms with Gasteiger partial charge in [-0.25, -0.2) is 0 Å². The summed E-state index contributed by atoms with van der Waals surface area (Å²) in [5.41, 5.74) is 6.90. The first-order valence-corrected chi connectivity index (χ1v) is 6.62. The van der Waals surface area contributed by atoms with Crippen molar-refractivity contribution in [3.63, 3.8) is 0 Å². The van der Waals surface area contributed by atoms with Crippen molar-refractivity contribution in [1.82, 2.24) is 19.5 Å². The van der Waals surface area contributed by atoms with Crippen molar-refractivity contribution in [2.75, 3.05) is 12.3 Å². The van der Waals surface area contributed by atoms with E-state index >= 15 is 0 Å². The van der Waals surface area contributed by atoms with Gasteiger partial charge in [0.2, 0.25) is 0 Å². The van der Waals surface area contributed by atoms with Crippen LogP contribution in [-0.2, 0) is 4.74 Å². The topological polar surface area (TPSA) is 122 Å². The summed E-state index contributed by atoms with van der Waals surface area (Å²) in [6, 6.07) is 0. The average Bonchev–Trinajstić information content (AvgIpc) is 2.92. The Morgan fingerprint density at radius 2 is 2.42 bits per heavy atom. The second kappa shape index (κ2) is 4.69. The number of nitrogens with one attached hydrogen (secondary N) is 1. The second-order valence-corrected chi connectivity index (χ2v) is 5.25. The summed E-state index contributed by atoms with van der Waals surface area (Å²) in [6.45, 7) is -0.222. The van der Waals surface area contributed by atoms with E-state index < -0.39 is 18.4 Å². The minimum atomic E-state index is -0.701. The summed E-state index contributed by atoms with van der Waals surface area (Å²) < 4.78 is 7.98. The zero-order chi connectivity index (χ0) is 13.6. The molecule has 0 amide bonds. The van der Waals surface area contributed by atoms with Gasteiger partial charge in [0.15, 0.2) is 0 Å². The number of anilines is 1. The second-order valence-electron chi connectivity index (χ2n) is 4.39. The molecule has 9 heteroatoms. The molecule has 19 heavy (non-hydrogen) atoms. The number of aliphatic hydroxyl groups excluding tert-OH is 2. The number of nitrogens with two attached hydrogens (primary N) is 1. The fourth-order valence-corrected chi connectivity index (χ4v) is 2.73. The van der Waals surface area contributed by atoms with Crippen molar-refractivity contribution in [3.05, 3.63) is 10.5 Å². The molecule has 1 aliphatic rings. The maximum atomic E-state index is 9.76. The molecular formula is C10H13N5O3Se. The standard InChI is InChI=1S/C10H13N5O3Se/c11-10-13-8-7(9(19)14-10)12-3-15(8)6-1-4(17)5(2-16)18-6/h3-6,16-17H,1-2H2,(H3,11,13,14,19)/t4-,5+,6+/m0/s1. The Bertz CT molecular complexity index is 669. The third-order valence-corrected chi connectivity index (χ3v) is 3.76. The van der Waals surface area contributed by atoms with Gasteiger partial charge in [0.05, 0.1) is 0 Å². The molecule has 0 saturated carbocycles. The zero-order valence-electron chi connectivity index (χ0n) is 9.85. The van der Waals surface area contributed by atoms with Gasteiger partial charge in [-0.15, -0.1) is 0 Å². The molecule has 0 radical (unpaired) electrons. The molecule has 102 valence electrons. The van der Waals surface area contributed by atoms with E-state index in [0.29, 0.717) is 21.8 Å². The van der Waals surface area contributed by atoms with Crippen LogP contribution in [0.4, 0.5) is 5.95 Å². The molecular weight excluding hydrogens is 317 g/mol. The number of hydrogen-bond acceptors (Lipinski definition) is 6. The van der Waals surface area contributed by atoms with Crippen molar-refractivity contribution in [2.45, 2.75) is 24.9 Å². The molecule has 3 atom stereocenters. The fourth-order valence-electron chi connectivity index (χ4n) is 2.20. The quantitative estimate of drug-likeness (QED) is 0.507. The van der Waals surface area contributed by atoms with E-state index in [4.69, 9.17) is 15.6 Å². The van der Waals surface area contributed by atoms with Crippen LogP contribution in [0.25, 0.3) is 11.2 Å². The third-order valence-electron chi connectivity index (χ3n) is 3.15. The number of nitrogens with zero attached hydrogens (tertiary/aromatic N) is 3. The molecule has 3 rings (SSSR count). The average molecular weight is 330 g/mol. The van der Waals surface area contributed by atoms with Crippen molar-refractivity contribution >= 4 is 32.7 Å². The first-order valence-electron chi connectivity index (χ1n) is 5.77. The van der Waals surface area contributed by atoms with Crippen molar-refractivity contribution in [1.29, 1.82) is 0 Å². The van der Waals surface area contributed by atoms with Gasteiger partial charge in [0.1, 0.15) is 0 Å². The Labute approximate surface area is 115 Å². The molecule has 3 heterocycles. The van der Waals surface area contributed by atoms with Crippen LogP contribution in [0.15, 0.2) is 6.33 Å². The summed E-state index contributed by atoms with van der Waals surface area (Å²) in [7, 11) is 0. The van der Waals surface area contributed by atoms with E-state index in [-0.39, 0.29) is 12.6 Å². The number of imidazole rings is 1. The van der Waals surface area contributed by atoms with E-state index in [1.54, 1.807) is 10.9 Å². The van der Waals surface area contributed by atoms with Crippen LogP contribution in [0.2, 0.25) is 0 Å². The molecule has 1 fully saturated rings. The van der Waals surface area contributed by atoms with Crippen LogP contribution in [0.1, 0.15) is 12.6 Å². The monoisotopic (exact) mass is 331 g/mol. The predicted molar refractivity (Wildman–Crippen MR) is 66.9 cm³/mol. The first-order chi connectivity index (χ1) is 9.10. The van der Waals surface area contributed by atoms with E-state index in [1.807, 2.05) is 0 Å². The maximum absolute atomic E-state index is 9.76. The first kappa shape index (κ1) is 12.8. The van der Waals surface area contributed by atoms with Gasteiger partial charge < -0.3 is 0 Å². The molecule has 1 saturated heterocycles. The van der Waals surface area contributed by atoms with Crippen LogP contribution < -0.4 is 5.73 Å². The molecule has 2 aromatic rings. The molecule has 0 unspecified atom stereocenters. The number of fused-ring (bicyclic) bond motifs is 1. The van der Waals surface area contributed by atoms with Crippen LogP contribution in [0.3, 0.4) is 0 Å². The van der Waals surface area contributed by atoms with E-state index in [9.17, 15) is 5.11 Å². The Hall–Kier alpha value is -1.25. The van der Waals surface area contributed by atoms with Crippen molar-refractivity contribution < 1.29 is 14.9 Å². The number of ether oxygens (including phenoxy) is 1. The summed E-state index contributed by atoms with van der Waals surface area (Å²) >= 11 is 2.84. The van der Waals surface area contributed by atoms with E-state index in [1.165, 1.54) is 0 Å². The van der Waals surface area contributed by atoms with Gasteiger partial charge in [-0.2, -0.15) is 0 Å². The molecule has 0 spiro atoms. The molecule has 1 aliphatic heterocycles. The van der Waals surface area contributed by atoms with Gasteiger partial charge in [0, 0.05) is 0 Å². The molecule has 0 aromatic carbocycles. The van der Waals surface area contributed by atoms with Gasteiger partial charge >= 0.3 is 115 Å². The Morgan fingerprint density at radius 1 is 1.63 bits per heavy atom. The summed E-state index contributed by atoms with van der Waals surface area (Å²) in [4.78, 5) is 11.3. The molecule has 5 N–H and O–H groups in total. The molecule has 2 aromatic heterocycles. The molecule has 8 nitrogen and oxygen atoms in total. The summed E-state index contributed by atoms with van der Waals surface area (Å²) in [6.07, 6.45) is 0.268. The third kappa shape index (κ3) is 2.09. The minimum absolute atomic E-state index is 0.222. The number of rotatable bonds is 2. The van der Waals surface area contributed by atoms with Gasteiger partial charge in [0.25, 0.3) is 0 Å². The predicted octanol–water partition coefficient (Wildman–Crippen LogP) is -1.32. The number of aromatic amines is 1. The number of H-pyrrole nitrogens is 1. The van der Waals surface area contributed by atoms with Gasteiger partial charge in [-0.05, 0) is 0 Å². The number of aromatic nitrogens is 4. The Kier molecular flexibility index (Phi) is 3.15. The summed E-state index contributed by atoms with van der Waals surface area (Å²) in [5, 5.41) is 18.9. The van der Waals surface area contributed by atoms with E-state index in [0.717, 1.165) is 0 Å².